The summed E-state index contributed by atoms with van der Waals surface area (Å²) in [4.78, 5) is 6.63. The molecule has 1 atom stereocenters. The van der Waals surface area contributed by atoms with Gasteiger partial charge in [0.1, 0.15) is 11.9 Å². The number of hydrogen-bond donors (Lipinski definition) is 0. The van der Waals surface area contributed by atoms with E-state index in [1.54, 1.807) is 0 Å². The average molecular weight is 298 g/mol. The van der Waals surface area contributed by atoms with Crippen LogP contribution in [0, 0.1) is 0 Å². The third-order valence-electron chi connectivity index (χ3n) is 3.60. The molecule has 0 bridgehead atoms. The van der Waals surface area contributed by atoms with Crippen LogP contribution < -0.4 is 4.74 Å². The highest BCUT2D eigenvalue weighted by atomic mass is 16.5. The number of ether oxygens (including phenoxy) is 1. The summed E-state index contributed by atoms with van der Waals surface area (Å²) in [7, 11) is 4.16. The van der Waals surface area contributed by atoms with Crippen molar-refractivity contribution in [2.75, 3.05) is 20.6 Å². The number of benzene rings is 1. The average Bonchev–Trinajstić information content (AvgIpc) is 2.54. The molecule has 1 heterocycles. The summed E-state index contributed by atoms with van der Waals surface area (Å²) in [6.07, 6.45) is 5.01. The Labute approximate surface area is 134 Å². The van der Waals surface area contributed by atoms with Crippen molar-refractivity contribution in [1.82, 2.24) is 9.88 Å². The van der Waals surface area contributed by atoms with E-state index in [1.165, 1.54) is 12.0 Å². The first-order valence-corrected chi connectivity index (χ1v) is 8.00. The largest absolute Gasteiger partial charge is 0.484 e. The van der Waals surface area contributed by atoms with Crippen LogP contribution in [0.15, 0.2) is 48.7 Å². The van der Waals surface area contributed by atoms with Gasteiger partial charge in [0.2, 0.25) is 0 Å². The molecule has 1 aromatic heterocycles. The Morgan fingerprint density at radius 3 is 2.45 bits per heavy atom. The van der Waals surface area contributed by atoms with Gasteiger partial charge in [-0.25, -0.2) is 0 Å². The topological polar surface area (TPSA) is 25.4 Å². The molecule has 0 radical (unpaired) electrons. The van der Waals surface area contributed by atoms with Crippen LogP contribution >= 0.6 is 0 Å². The Balaban J connectivity index is 2.08. The number of nitrogens with zero attached hydrogens (tertiary/aromatic N) is 2. The minimum atomic E-state index is -0.0133. The van der Waals surface area contributed by atoms with Crippen molar-refractivity contribution >= 4 is 0 Å². The van der Waals surface area contributed by atoms with Crippen LogP contribution in [0.25, 0.3) is 0 Å². The van der Waals surface area contributed by atoms with E-state index in [1.807, 2.05) is 24.4 Å². The molecule has 118 valence electrons. The number of hydrogen-bond acceptors (Lipinski definition) is 3. The van der Waals surface area contributed by atoms with Crippen LogP contribution in [0.5, 0.6) is 5.75 Å². The zero-order chi connectivity index (χ0) is 15.8. The molecule has 0 aliphatic heterocycles. The van der Waals surface area contributed by atoms with Crippen LogP contribution in [-0.2, 0) is 6.42 Å². The maximum absolute atomic E-state index is 6.19. The fourth-order valence-corrected chi connectivity index (χ4v) is 2.40. The van der Waals surface area contributed by atoms with Gasteiger partial charge in [0, 0.05) is 19.2 Å². The van der Waals surface area contributed by atoms with Crippen molar-refractivity contribution in [3.8, 4) is 5.75 Å². The zero-order valence-corrected chi connectivity index (χ0v) is 13.8. The van der Waals surface area contributed by atoms with Crippen LogP contribution in [0.2, 0.25) is 0 Å². The van der Waals surface area contributed by atoms with Crippen molar-refractivity contribution in [3.63, 3.8) is 0 Å². The molecule has 2 aromatic rings. The number of aryl methyl sites for hydroxylation is 1. The molecule has 3 nitrogen and oxygen atoms in total. The summed E-state index contributed by atoms with van der Waals surface area (Å²) in [6, 6.07) is 14.4. The van der Waals surface area contributed by atoms with Crippen molar-refractivity contribution in [1.29, 1.82) is 0 Å². The normalized spacial score (nSPS) is 12.4. The van der Waals surface area contributed by atoms with Gasteiger partial charge in [-0.3, -0.25) is 4.98 Å². The van der Waals surface area contributed by atoms with Gasteiger partial charge in [-0.1, -0.05) is 31.5 Å². The smallest absolute Gasteiger partial charge is 0.142 e. The summed E-state index contributed by atoms with van der Waals surface area (Å²) >= 11 is 0. The zero-order valence-electron chi connectivity index (χ0n) is 13.8. The van der Waals surface area contributed by atoms with Gasteiger partial charge in [0.05, 0.1) is 5.69 Å². The number of aromatic nitrogens is 1. The second-order valence-electron chi connectivity index (χ2n) is 5.85. The van der Waals surface area contributed by atoms with Gasteiger partial charge in [0.15, 0.2) is 0 Å². The second-order valence-corrected chi connectivity index (χ2v) is 5.85. The van der Waals surface area contributed by atoms with E-state index in [9.17, 15) is 0 Å². The van der Waals surface area contributed by atoms with Crippen LogP contribution in [0.1, 0.15) is 37.1 Å². The molecule has 0 fully saturated rings. The van der Waals surface area contributed by atoms with Crippen LogP contribution in [-0.4, -0.2) is 30.5 Å². The molecule has 0 aliphatic rings. The molecular weight excluding hydrogens is 272 g/mol. The molecule has 0 amide bonds. The fourth-order valence-electron chi connectivity index (χ4n) is 2.40. The molecule has 0 saturated carbocycles. The minimum absolute atomic E-state index is 0.0133. The standard InChI is InChI=1S/C19H26N2O/c1-4-7-16-9-11-17(12-10-16)22-19(13-15-21(2)3)18-8-5-6-14-20-18/h5-6,8-12,14,19H,4,7,13,15H2,1-3H3. The Bertz CT molecular complexity index is 537. The Hall–Kier alpha value is -1.87. The monoisotopic (exact) mass is 298 g/mol. The Morgan fingerprint density at radius 2 is 1.86 bits per heavy atom. The lowest BCUT2D eigenvalue weighted by molar-refractivity contribution is 0.175. The number of rotatable bonds is 8. The van der Waals surface area contributed by atoms with Crippen molar-refractivity contribution in [2.24, 2.45) is 0 Å². The highest BCUT2D eigenvalue weighted by Gasteiger charge is 2.15. The molecule has 0 saturated heterocycles. The number of pyridine rings is 1. The maximum atomic E-state index is 6.19. The third kappa shape index (κ3) is 5.15. The van der Waals surface area contributed by atoms with Gasteiger partial charge < -0.3 is 9.64 Å². The summed E-state index contributed by atoms with van der Waals surface area (Å²) in [6.45, 7) is 3.16. The first-order valence-electron chi connectivity index (χ1n) is 8.00. The SMILES string of the molecule is CCCc1ccc(OC(CCN(C)C)c2ccccn2)cc1. The molecule has 22 heavy (non-hydrogen) atoms. The highest BCUT2D eigenvalue weighted by Crippen LogP contribution is 2.24. The molecule has 2 rings (SSSR count). The predicted octanol–water partition coefficient (Wildman–Crippen LogP) is 4.11. The summed E-state index contributed by atoms with van der Waals surface area (Å²) in [5.41, 5.74) is 2.35. The molecule has 1 aromatic carbocycles. The van der Waals surface area contributed by atoms with Gasteiger partial charge in [-0.15, -0.1) is 0 Å². The summed E-state index contributed by atoms with van der Waals surface area (Å²) < 4.78 is 6.19. The lowest BCUT2D eigenvalue weighted by Crippen LogP contribution is -2.19. The van der Waals surface area contributed by atoms with E-state index in [-0.39, 0.29) is 6.10 Å². The third-order valence-corrected chi connectivity index (χ3v) is 3.60. The van der Waals surface area contributed by atoms with E-state index < -0.39 is 0 Å². The fraction of sp³-hybridized carbons (Fsp3) is 0.421. The molecule has 0 spiro atoms. The quantitative estimate of drug-likeness (QED) is 0.733. The lowest BCUT2D eigenvalue weighted by Gasteiger charge is -2.21. The van der Waals surface area contributed by atoms with E-state index in [0.29, 0.717) is 0 Å². The second kappa shape index (κ2) is 8.54. The molecule has 0 aliphatic carbocycles. The van der Waals surface area contributed by atoms with Crippen LogP contribution in [0.3, 0.4) is 0 Å². The van der Waals surface area contributed by atoms with Gasteiger partial charge in [0.25, 0.3) is 0 Å². The van der Waals surface area contributed by atoms with E-state index in [0.717, 1.165) is 30.8 Å². The Kier molecular flexibility index (Phi) is 6.41. The molecule has 1 unspecified atom stereocenters. The predicted molar refractivity (Wildman–Crippen MR) is 91.2 cm³/mol. The summed E-state index contributed by atoms with van der Waals surface area (Å²) in [5, 5.41) is 0. The molecule has 3 heteroatoms. The molecule has 0 N–H and O–H groups in total. The van der Waals surface area contributed by atoms with Gasteiger partial charge in [-0.2, -0.15) is 0 Å². The van der Waals surface area contributed by atoms with Gasteiger partial charge >= 0.3 is 0 Å². The highest BCUT2D eigenvalue weighted by molar-refractivity contribution is 5.28. The molecular formula is C19H26N2O. The van der Waals surface area contributed by atoms with E-state index in [4.69, 9.17) is 4.74 Å². The summed E-state index contributed by atoms with van der Waals surface area (Å²) in [5.74, 6) is 0.911. The Morgan fingerprint density at radius 1 is 1.09 bits per heavy atom. The maximum Gasteiger partial charge on any atom is 0.142 e. The first-order chi connectivity index (χ1) is 10.7. The van der Waals surface area contributed by atoms with Crippen LogP contribution in [0.4, 0.5) is 0 Å². The first kappa shape index (κ1) is 16.5. The van der Waals surface area contributed by atoms with E-state index >= 15 is 0 Å². The van der Waals surface area contributed by atoms with E-state index in [2.05, 4.69) is 55.2 Å². The van der Waals surface area contributed by atoms with Crippen molar-refractivity contribution in [3.05, 3.63) is 59.9 Å². The van der Waals surface area contributed by atoms with Gasteiger partial charge in [-0.05, 0) is 50.3 Å². The minimum Gasteiger partial charge on any atom is -0.484 e. The lowest BCUT2D eigenvalue weighted by atomic mass is 10.1. The van der Waals surface area contributed by atoms with Crippen molar-refractivity contribution in [2.45, 2.75) is 32.3 Å². The van der Waals surface area contributed by atoms with Crippen molar-refractivity contribution < 1.29 is 4.74 Å².